The van der Waals surface area contributed by atoms with E-state index >= 15 is 0 Å². The van der Waals surface area contributed by atoms with Gasteiger partial charge in [-0.1, -0.05) is 38.1 Å². The van der Waals surface area contributed by atoms with E-state index in [1.165, 1.54) is 35.1 Å². The van der Waals surface area contributed by atoms with Crippen LogP contribution < -0.4 is 9.13 Å². The highest BCUT2D eigenvalue weighted by molar-refractivity contribution is 5.26. The highest BCUT2D eigenvalue weighted by Crippen LogP contribution is 2.23. The van der Waals surface area contributed by atoms with Crippen molar-refractivity contribution in [1.82, 2.24) is 0 Å². The Morgan fingerprint density at radius 3 is 1.36 bits per heavy atom. The number of hydrogen-bond acceptors (Lipinski definition) is 0. The molecule has 0 amide bonds. The van der Waals surface area contributed by atoms with E-state index in [0.717, 1.165) is 12.8 Å². The van der Waals surface area contributed by atoms with Gasteiger partial charge < -0.3 is 0 Å². The maximum Gasteiger partial charge on any atom is 0.183 e. The van der Waals surface area contributed by atoms with Crippen LogP contribution in [0, 0.1) is 13.8 Å². The Hall–Kier alpha value is -2.48. The SMILES string of the molecule is CCCC(c1ccc(C(CCC)[n+]2cccc(C)c2)cc1)[n+]1cccc(C)c1. The van der Waals surface area contributed by atoms with Crippen LogP contribution in [-0.4, -0.2) is 0 Å². The monoisotopic (exact) mass is 374 g/mol. The molecule has 2 unspecified atom stereocenters. The molecule has 0 spiro atoms. The Balaban J connectivity index is 1.91. The minimum Gasteiger partial charge on any atom is -0.198 e. The number of aryl methyl sites for hydroxylation is 2. The summed E-state index contributed by atoms with van der Waals surface area (Å²) in [5, 5.41) is 0. The molecule has 2 nitrogen and oxygen atoms in total. The van der Waals surface area contributed by atoms with Gasteiger partial charge in [0.15, 0.2) is 36.9 Å². The van der Waals surface area contributed by atoms with Crippen molar-refractivity contribution < 1.29 is 9.13 Å². The summed E-state index contributed by atoms with van der Waals surface area (Å²) in [6.45, 7) is 8.86. The fourth-order valence-electron chi connectivity index (χ4n) is 4.08. The summed E-state index contributed by atoms with van der Waals surface area (Å²) in [5.74, 6) is 0. The van der Waals surface area contributed by atoms with Crippen LogP contribution in [0.5, 0.6) is 0 Å². The van der Waals surface area contributed by atoms with E-state index < -0.39 is 0 Å². The molecule has 2 heteroatoms. The van der Waals surface area contributed by atoms with Gasteiger partial charge in [-0.2, -0.15) is 9.13 Å². The first kappa shape index (κ1) is 20.3. The molecule has 0 fully saturated rings. The van der Waals surface area contributed by atoms with Crippen LogP contribution in [0.2, 0.25) is 0 Å². The normalized spacial score (nSPS) is 13.3. The molecule has 0 saturated carbocycles. The number of pyridine rings is 2. The maximum absolute atomic E-state index is 2.37. The van der Waals surface area contributed by atoms with Crippen molar-refractivity contribution in [2.75, 3.05) is 0 Å². The van der Waals surface area contributed by atoms with E-state index in [9.17, 15) is 0 Å². The zero-order valence-electron chi connectivity index (χ0n) is 17.8. The first-order valence-corrected chi connectivity index (χ1v) is 10.7. The number of benzene rings is 1. The summed E-state index contributed by atoms with van der Waals surface area (Å²) in [7, 11) is 0. The van der Waals surface area contributed by atoms with Crippen molar-refractivity contribution in [3.05, 3.63) is 95.6 Å². The molecule has 146 valence electrons. The molecular weight excluding hydrogens is 340 g/mol. The van der Waals surface area contributed by atoms with Gasteiger partial charge in [-0.3, -0.25) is 0 Å². The van der Waals surface area contributed by atoms with Crippen LogP contribution >= 0.6 is 0 Å². The Kier molecular flexibility index (Phi) is 6.97. The first-order chi connectivity index (χ1) is 13.6. The minimum absolute atomic E-state index is 0.398. The maximum atomic E-state index is 2.37. The number of nitrogens with zero attached hydrogens (tertiary/aromatic N) is 2. The second-order valence-corrected chi connectivity index (χ2v) is 7.93. The van der Waals surface area contributed by atoms with Crippen LogP contribution in [0.25, 0.3) is 0 Å². The van der Waals surface area contributed by atoms with Crippen LogP contribution in [0.4, 0.5) is 0 Å². The lowest BCUT2D eigenvalue weighted by Gasteiger charge is -2.16. The number of aromatic nitrogens is 2. The lowest BCUT2D eigenvalue weighted by molar-refractivity contribution is -0.715. The lowest BCUT2D eigenvalue weighted by Crippen LogP contribution is -2.40. The lowest BCUT2D eigenvalue weighted by atomic mass is 9.96. The summed E-state index contributed by atoms with van der Waals surface area (Å²) in [6, 6.07) is 18.8. The van der Waals surface area contributed by atoms with Crippen molar-refractivity contribution in [3.63, 3.8) is 0 Å². The third-order valence-corrected chi connectivity index (χ3v) is 5.49. The average molecular weight is 375 g/mol. The first-order valence-electron chi connectivity index (χ1n) is 10.7. The highest BCUT2D eigenvalue weighted by atomic mass is 15.0. The van der Waals surface area contributed by atoms with E-state index in [2.05, 4.69) is 110 Å². The zero-order chi connectivity index (χ0) is 19.9. The molecule has 0 saturated heterocycles. The quantitative estimate of drug-likeness (QED) is 0.450. The van der Waals surface area contributed by atoms with Crippen molar-refractivity contribution in [2.45, 2.75) is 65.5 Å². The molecule has 3 rings (SSSR count). The van der Waals surface area contributed by atoms with Crippen LogP contribution in [0.1, 0.15) is 73.9 Å². The smallest absolute Gasteiger partial charge is 0.183 e. The van der Waals surface area contributed by atoms with E-state index in [4.69, 9.17) is 0 Å². The van der Waals surface area contributed by atoms with Gasteiger partial charge in [0, 0.05) is 47.2 Å². The Morgan fingerprint density at radius 1 is 0.643 bits per heavy atom. The molecule has 2 aromatic heterocycles. The molecule has 3 aromatic rings. The zero-order valence-corrected chi connectivity index (χ0v) is 17.8. The van der Waals surface area contributed by atoms with E-state index in [0.29, 0.717) is 12.1 Å². The Bertz CT molecular complexity index is 808. The average Bonchev–Trinajstić information content (AvgIpc) is 2.70. The summed E-state index contributed by atoms with van der Waals surface area (Å²) in [5.41, 5.74) is 5.40. The third-order valence-electron chi connectivity index (χ3n) is 5.49. The van der Waals surface area contributed by atoms with Crippen LogP contribution in [0.3, 0.4) is 0 Å². The highest BCUT2D eigenvalue weighted by Gasteiger charge is 2.23. The predicted molar refractivity (Wildman–Crippen MR) is 115 cm³/mol. The largest absolute Gasteiger partial charge is 0.198 e. The standard InChI is InChI=1S/C26H34N2/c1-5-9-25(27-17-7-11-21(3)19-27)23-13-15-24(16-14-23)26(10-6-2)28-18-8-12-22(4)20-28/h7-8,11-20,25-26H,5-6,9-10H2,1-4H3/q+2. The molecule has 2 heterocycles. The van der Waals surface area contributed by atoms with Gasteiger partial charge in [0.25, 0.3) is 0 Å². The van der Waals surface area contributed by atoms with Crippen LogP contribution in [-0.2, 0) is 0 Å². The molecule has 0 aliphatic carbocycles. The molecule has 28 heavy (non-hydrogen) atoms. The van der Waals surface area contributed by atoms with Gasteiger partial charge in [-0.05, 0) is 38.8 Å². The van der Waals surface area contributed by atoms with Crippen molar-refractivity contribution in [3.8, 4) is 0 Å². The van der Waals surface area contributed by atoms with E-state index in [1.54, 1.807) is 0 Å². The molecular formula is C26H34N2+2. The number of rotatable bonds is 8. The molecule has 1 aromatic carbocycles. The third kappa shape index (κ3) is 4.86. The van der Waals surface area contributed by atoms with Crippen molar-refractivity contribution >= 4 is 0 Å². The van der Waals surface area contributed by atoms with E-state index in [1.807, 2.05) is 0 Å². The summed E-state index contributed by atoms with van der Waals surface area (Å²) >= 11 is 0. The van der Waals surface area contributed by atoms with Gasteiger partial charge in [-0.15, -0.1) is 0 Å². The molecule has 0 N–H and O–H groups in total. The van der Waals surface area contributed by atoms with Gasteiger partial charge in [-0.25, -0.2) is 0 Å². The summed E-state index contributed by atoms with van der Waals surface area (Å²) < 4.78 is 4.74. The van der Waals surface area contributed by atoms with Crippen LogP contribution in [0.15, 0.2) is 73.3 Å². The van der Waals surface area contributed by atoms with Gasteiger partial charge in [0.1, 0.15) is 0 Å². The summed E-state index contributed by atoms with van der Waals surface area (Å²) in [4.78, 5) is 0. The van der Waals surface area contributed by atoms with Gasteiger partial charge >= 0.3 is 0 Å². The molecule has 0 radical (unpaired) electrons. The second kappa shape index (κ2) is 9.64. The Labute approximate surface area is 170 Å². The molecule has 0 aliphatic heterocycles. The molecule has 0 bridgehead atoms. The fraction of sp³-hybridized carbons (Fsp3) is 0.385. The second-order valence-electron chi connectivity index (χ2n) is 7.93. The van der Waals surface area contributed by atoms with Crippen molar-refractivity contribution in [2.24, 2.45) is 0 Å². The predicted octanol–water partition coefficient (Wildman–Crippen LogP) is 5.66. The Morgan fingerprint density at radius 2 is 1.04 bits per heavy atom. The topological polar surface area (TPSA) is 7.76 Å². The fourth-order valence-corrected chi connectivity index (χ4v) is 4.08. The summed E-state index contributed by atoms with van der Waals surface area (Å²) in [6.07, 6.45) is 13.6. The van der Waals surface area contributed by atoms with E-state index in [-0.39, 0.29) is 0 Å². The molecule has 2 atom stereocenters. The minimum atomic E-state index is 0.398. The van der Waals surface area contributed by atoms with Gasteiger partial charge in [0.2, 0.25) is 0 Å². The van der Waals surface area contributed by atoms with Crippen molar-refractivity contribution in [1.29, 1.82) is 0 Å². The van der Waals surface area contributed by atoms with Gasteiger partial charge in [0.05, 0.1) is 0 Å². The number of hydrogen-bond donors (Lipinski definition) is 0. The molecule has 0 aliphatic rings.